The Morgan fingerprint density at radius 1 is 1.16 bits per heavy atom. The van der Waals surface area contributed by atoms with E-state index in [-0.39, 0.29) is 0 Å². The molecule has 2 rings (SSSR count). The molecule has 0 unspecified atom stereocenters. The van der Waals surface area contributed by atoms with Gasteiger partial charge in [0, 0.05) is 14.1 Å². The number of anilines is 1. The van der Waals surface area contributed by atoms with Crippen LogP contribution in [-0.2, 0) is 16.0 Å². The average Bonchev–Trinajstić information content (AvgIpc) is 3.00. The monoisotopic (exact) mass is 513 g/mol. The summed E-state index contributed by atoms with van der Waals surface area (Å²) in [6, 6.07) is 0.862. The van der Waals surface area contributed by atoms with Crippen LogP contribution in [0, 0.1) is 0 Å². The lowest BCUT2D eigenvalue weighted by Crippen LogP contribution is -2.28. The number of hydrogen-bond donors (Lipinski definition) is 3. The maximum Gasteiger partial charge on any atom is 0.502 e. The van der Waals surface area contributed by atoms with Crippen molar-refractivity contribution >= 4 is 44.7 Å². The molecule has 3 N–H and O–H groups in total. The first kappa shape index (κ1) is 25.0. The molecular weight excluding hydrogens is 503 g/mol. The molecule has 0 aliphatic heterocycles. The summed E-state index contributed by atoms with van der Waals surface area (Å²) in [5.41, 5.74) is -7.22. The minimum Gasteiger partial charge on any atom is -0.372 e. The van der Waals surface area contributed by atoms with E-state index in [1.165, 1.54) is 5.48 Å². The minimum absolute atomic E-state index is 0.431. The van der Waals surface area contributed by atoms with Gasteiger partial charge in [-0.1, -0.05) is 23.2 Å². The standard InChI is InChI=1S/C14H11Cl2F6N5O3S/c1-23-11(26-28)8-10(31(29,30)14(20,21)22)12(24-2)27(25-8)9-6(15)3-5(4-7(9)16)13(17,18)19/h3-4,24,28H,1-2H3,(H,23,26). The molecule has 0 saturated carbocycles. The van der Waals surface area contributed by atoms with Crippen molar-refractivity contribution in [2.75, 3.05) is 19.4 Å². The zero-order chi connectivity index (χ0) is 23.9. The summed E-state index contributed by atoms with van der Waals surface area (Å²) in [6.07, 6.45) is -4.85. The zero-order valence-electron chi connectivity index (χ0n) is 15.2. The summed E-state index contributed by atoms with van der Waals surface area (Å²) in [6.45, 7) is 0. The third-order valence-electron chi connectivity index (χ3n) is 3.76. The van der Waals surface area contributed by atoms with E-state index in [0.717, 1.165) is 14.1 Å². The molecule has 0 radical (unpaired) electrons. The number of rotatable bonds is 4. The zero-order valence-corrected chi connectivity index (χ0v) is 17.5. The van der Waals surface area contributed by atoms with Crippen molar-refractivity contribution in [3.8, 4) is 5.69 Å². The van der Waals surface area contributed by atoms with Gasteiger partial charge in [-0.3, -0.25) is 15.7 Å². The summed E-state index contributed by atoms with van der Waals surface area (Å²) < 4.78 is 104. The fourth-order valence-corrected chi connectivity index (χ4v) is 4.16. The maximum absolute atomic E-state index is 13.3. The van der Waals surface area contributed by atoms with Crippen LogP contribution in [0.5, 0.6) is 0 Å². The molecule has 1 aromatic carbocycles. The Morgan fingerprint density at radius 2 is 1.68 bits per heavy atom. The highest BCUT2D eigenvalue weighted by atomic mass is 35.5. The highest BCUT2D eigenvalue weighted by Gasteiger charge is 2.51. The van der Waals surface area contributed by atoms with E-state index in [1.54, 1.807) is 0 Å². The molecule has 0 aliphatic carbocycles. The van der Waals surface area contributed by atoms with Gasteiger partial charge in [0.15, 0.2) is 11.5 Å². The summed E-state index contributed by atoms with van der Waals surface area (Å²) in [5.74, 6) is -1.65. The number of amidine groups is 1. The van der Waals surface area contributed by atoms with Crippen LogP contribution in [0.15, 0.2) is 22.0 Å². The van der Waals surface area contributed by atoms with Gasteiger partial charge in [0.2, 0.25) is 0 Å². The molecule has 0 amide bonds. The van der Waals surface area contributed by atoms with Crippen LogP contribution in [0.25, 0.3) is 5.69 Å². The van der Waals surface area contributed by atoms with Crippen molar-refractivity contribution in [3.05, 3.63) is 33.4 Å². The topological polar surface area (TPSA) is 109 Å². The second kappa shape index (κ2) is 8.37. The van der Waals surface area contributed by atoms with Crippen molar-refractivity contribution in [2.24, 2.45) is 4.99 Å². The van der Waals surface area contributed by atoms with Crippen molar-refractivity contribution in [1.29, 1.82) is 0 Å². The van der Waals surface area contributed by atoms with Crippen molar-refractivity contribution < 1.29 is 40.0 Å². The minimum atomic E-state index is -6.10. The Morgan fingerprint density at radius 3 is 2.03 bits per heavy atom. The Kier molecular flexibility index (Phi) is 6.76. The number of hydrogen-bond acceptors (Lipinski definition) is 6. The molecule has 1 heterocycles. The molecule has 172 valence electrons. The molecule has 8 nitrogen and oxygen atoms in total. The van der Waals surface area contributed by atoms with Gasteiger partial charge < -0.3 is 5.32 Å². The lowest BCUT2D eigenvalue weighted by atomic mass is 10.2. The summed E-state index contributed by atoms with van der Waals surface area (Å²) in [4.78, 5) is 1.94. The van der Waals surface area contributed by atoms with Gasteiger partial charge in [-0.15, -0.1) is 0 Å². The number of sulfone groups is 1. The SMILES string of the molecule is CN=C(NO)c1nn(-c2c(Cl)cc(C(F)(F)F)cc2Cl)c(NC)c1S(=O)(=O)C(F)(F)F. The smallest absolute Gasteiger partial charge is 0.372 e. The molecule has 17 heteroatoms. The highest BCUT2D eigenvalue weighted by molar-refractivity contribution is 7.92. The van der Waals surface area contributed by atoms with Gasteiger partial charge in [0.1, 0.15) is 16.4 Å². The van der Waals surface area contributed by atoms with Gasteiger partial charge in [-0.25, -0.2) is 13.1 Å². The predicted octanol–water partition coefficient (Wildman–Crippen LogP) is 3.89. The molecule has 2 aromatic rings. The second-order valence-corrected chi connectivity index (χ2v) is 8.30. The molecule has 0 saturated heterocycles. The highest BCUT2D eigenvalue weighted by Crippen LogP contribution is 2.42. The van der Waals surface area contributed by atoms with Gasteiger partial charge in [-0.05, 0) is 12.1 Å². The number of aromatic nitrogens is 2. The molecule has 31 heavy (non-hydrogen) atoms. The second-order valence-electron chi connectivity index (χ2n) is 5.61. The molecule has 0 aliphatic rings. The number of hydroxylamine groups is 1. The van der Waals surface area contributed by atoms with Crippen LogP contribution in [0.4, 0.5) is 32.2 Å². The van der Waals surface area contributed by atoms with E-state index in [2.05, 4.69) is 15.4 Å². The first-order valence-electron chi connectivity index (χ1n) is 7.67. The van der Waals surface area contributed by atoms with Gasteiger partial charge in [0.05, 0.1) is 15.6 Å². The number of aliphatic imine (C=N–C) groups is 1. The summed E-state index contributed by atoms with van der Waals surface area (Å²) >= 11 is 11.8. The first-order chi connectivity index (χ1) is 14.1. The Bertz CT molecular complexity index is 1120. The Hall–Kier alpha value is -2.23. The van der Waals surface area contributed by atoms with Crippen molar-refractivity contribution in [1.82, 2.24) is 15.3 Å². The van der Waals surface area contributed by atoms with E-state index in [9.17, 15) is 34.8 Å². The van der Waals surface area contributed by atoms with E-state index < -0.39 is 65.1 Å². The third-order valence-corrected chi connectivity index (χ3v) is 5.87. The fourth-order valence-electron chi connectivity index (χ4n) is 2.45. The molecular formula is C14H11Cl2F6N5O3S. The summed E-state index contributed by atoms with van der Waals surface area (Å²) in [7, 11) is -4.08. The largest absolute Gasteiger partial charge is 0.502 e. The molecule has 0 spiro atoms. The van der Waals surface area contributed by atoms with E-state index in [0.29, 0.717) is 16.8 Å². The van der Waals surface area contributed by atoms with Gasteiger partial charge >= 0.3 is 11.7 Å². The number of nitrogens with zero attached hydrogens (tertiary/aromatic N) is 3. The van der Waals surface area contributed by atoms with Crippen LogP contribution >= 0.6 is 23.2 Å². The first-order valence-corrected chi connectivity index (χ1v) is 9.91. The van der Waals surface area contributed by atoms with E-state index >= 15 is 0 Å². The Labute approximate surface area is 180 Å². The molecule has 0 fully saturated rings. The Balaban J connectivity index is 3.00. The molecule has 1 aromatic heterocycles. The lowest BCUT2D eigenvalue weighted by Gasteiger charge is -2.15. The maximum atomic E-state index is 13.3. The van der Waals surface area contributed by atoms with Crippen LogP contribution in [0.3, 0.4) is 0 Å². The van der Waals surface area contributed by atoms with Crippen LogP contribution in [0.2, 0.25) is 10.0 Å². The number of alkyl halides is 6. The quantitative estimate of drug-likeness (QED) is 0.248. The van der Waals surface area contributed by atoms with Crippen molar-refractivity contribution in [3.63, 3.8) is 0 Å². The number of nitrogens with one attached hydrogen (secondary N) is 2. The molecule has 0 atom stereocenters. The van der Waals surface area contributed by atoms with Crippen molar-refractivity contribution in [2.45, 2.75) is 16.6 Å². The van der Waals surface area contributed by atoms with Crippen LogP contribution in [0.1, 0.15) is 11.3 Å². The van der Waals surface area contributed by atoms with Crippen LogP contribution < -0.4 is 10.8 Å². The van der Waals surface area contributed by atoms with Crippen LogP contribution in [-0.4, -0.2) is 48.8 Å². The van der Waals surface area contributed by atoms with E-state index in [1.807, 2.05) is 0 Å². The van der Waals surface area contributed by atoms with Gasteiger partial charge in [0.25, 0.3) is 9.84 Å². The number of benzene rings is 1. The van der Waals surface area contributed by atoms with Gasteiger partial charge in [-0.2, -0.15) is 31.4 Å². The van der Waals surface area contributed by atoms with E-state index in [4.69, 9.17) is 28.4 Å². The fraction of sp³-hybridized carbons (Fsp3) is 0.286. The summed E-state index contributed by atoms with van der Waals surface area (Å²) in [5, 5.41) is 13.6. The third kappa shape index (κ3) is 4.40. The normalized spacial score (nSPS) is 13.5. The lowest BCUT2D eigenvalue weighted by molar-refractivity contribution is -0.137. The number of halogens is 8. The average molecular weight is 514 g/mol. The molecule has 0 bridgehead atoms. The predicted molar refractivity (Wildman–Crippen MR) is 98.8 cm³/mol.